The van der Waals surface area contributed by atoms with Crippen molar-refractivity contribution in [3.05, 3.63) is 27.4 Å². The number of rotatable bonds is 3. The molecule has 0 bridgehead atoms. The highest BCUT2D eigenvalue weighted by Gasteiger charge is 2.26. The summed E-state index contributed by atoms with van der Waals surface area (Å²) in [6.45, 7) is 0. The third-order valence-electron chi connectivity index (χ3n) is 3.08. The SMILES string of the molecule is O=[N+]([O-])c1cc(Cl)cnc1NC1CCCCC1O. The zero-order chi connectivity index (χ0) is 13.1. The summed E-state index contributed by atoms with van der Waals surface area (Å²) in [6.07, 6.45) is 4.33. The molecule has 0 saturated heterocycles. The number of hydrogen-bond acceptors (Lipinski definition) is 5. The Labute approximate surface area is 109 Å². The molecule has 1 fully saturated rings. The van der Waals surface area contributed by atoms with Crippen molar-refractivity contribution >= 4 is 23.1 Å². The Morgan fingerprint density at radius 3 is 2.89 bits per heavy atom. The van der Waals surface area contributed by atoms with Gasteiger partial charge >= 0.3 is 5.69 Å². The summed E-state index contributed by atoms with van der Waals surface area (Å²) >= 11 is 5.69. The van der Waals surface area contributed by atoms with E-state index in [1.54, 1.807) is 0 Å². The highest BCUT2D eigenvalue weighted by Crippen LogP contribution is 2.28. The minimum atomic E-state index is -0.531. The Balaban J connectivity index is 2.20. The zero-order valence-electron chi connectivity index (χ0n) is 9.67. The first-order chi connectivity index (χ1) is 8.58. The first-order valence-corrected chi connectivity index (χ1v) is 6.20. The quantitative estimate of drug-likeness (QED) is 0.651. The second-order valence-corrected chi connectivity index (χ2v) is 4.82. The summed E-state index contributed by atoms with van der Waals surface area (Å²) in [5.74, 6) is 0.162. The van der Waals surface area contributed by atoms with Crippen LogP contribution in [-0.4, -0.2) is 27.2 Å². The lowest BCUT2D eigenvalue weighted by atomic mass is 9.92. The van der Waals surface area contributed by atoms with Gasteiger partial charge in [0.15, 0.2) is 0 Å². The molecule has 2 rings (SSSR count). The largest absolute Gasteiger partial charge is 0.391 e. The molecule has 1 aliphatic rings. The molecule has 1 heterocycles. The lowest BCUT2D eigenvalue weighted by molar-refractivity contribution is -0.384. The van der Waals surface area contributed by atoms with Crippen LogP contribution in [-0.2, 0) is 0 Å². The molecule has 18 heavy (non-hydrogen) atoms. The first-order valence-electron chi connectivity index (χ1n) is 5.82. The van der Waals surface area contributed by atoms with Crippen molar-refractivity contribution in [1.29, 1.82) is 0 Å². The minimum absolute atomic E-state index is 0.162. The fraction of sp³-hybridized carbons (Fsp3) is 0.545. The maximum absolute atomic E-state index is 10.9. The number of aliphatic hydroxyl groups is 1. The van der Waals surface area contributed by atoms with Gasteiger partial charge in [-0.3, -0.25) is 10.1 Å². The van der Waals surface area contributed by atoms with Crippen LogP contribution in [0.2, 0.25) is 5.02 Å². The lowest BCUT2D eigenvalue weighted by Gasteiger charge is -2.28. The second kappa shape index (κ2) is 5.49. The van der Waals surface area contributed by atoms with Crippen molar-refractivity contribution in [1.82, 2.24) is 4.98 Å². The van der Waals surface area contributed by atoms with E-state index in [1.807, 2.05) is 0 Å². The van der Waals surface area contributed by atoms with Gasteiger partial charge in [-0.25, -0.2) is 4.98 Å². The van der Waals surface area contributed by atoms with Crippen molar-refractivity contribution in [3.8, 4) is 0 Å². The predicted molar refractivity (Wildman–Crippen MR) is 67.8 cm³/mol. The maximum Gasteiger partial charge on any atom is 0.312 e. The Kier molecular flexibility index (Phi) is 3.98. The molecule has 2 atom stereocenters. The fourth-order valence-corrected chi connectivity index (χ4v) is 2.29. The standard InChI is InChI=1S/C11H14ClN3O3/c12-7-5-9(15(17)18)11(13-6-7)14-8-3-1-2-4-10(8)16/h5-6,8,10,16H,1-4H2,(H,13,14). The minimum Gasteiger partial charge on any atom is -0.391 e. The summed E-state index contributed by atoms with van der Waals surface area (Å²) in [5.41, 5.74) is -0.166. The number of anilines is 1. The fourth-order valence-electron chi connectivity index (χ4n) is 2.13. The summed E-state index contributed by atoms with van der Waals surface area (Å²) in [4.78, 5) is 14.3. The van der Waals surface area contributed by atoms with Crippen molar-refractivity contribution in [3.63, 3.8) is 0 Å². The highest BCUT2D eigenvalue weighted by atomic mass is 35.5. The van der Waals surface area contributed by atoms with E-state index in [9.17, 15) is 15.2 Å². The molecule has 1 saturated carbocycles. The van der Waals surface area contributed by atoms with Gasteiger partial charge in [0.1, 0.15) is 0 Å². The van der Waals surface area contributed by atoms with Gasteiger partial charge in [0, 0.05) is 12.3 Å². The highest BCUT2D eigenvalue weighted by molar-refractivity contribution is 6.30. The topological polar surface area (TPSA) is 88.3 Å². The van der Waals surface area contributed by atoms with Gasteiger partial charge in [0.05, 0.1) is 22.1 Å². The first kappa shape index (κ1) is 13.0. The average molecular weight is 272 g/mol. The van der Waals surface area contributed by atoms with Crippen LogP contribution in [0.1, 0.15) is 25.7 Å². The van der Waals surface area contributed by atoms with Crippen molar-refractivity contribution < 1.29 is 10.0 Å². The maximum atomic E-state index is 10.9. The van der Waals surface area contributed by atoms with Gasteiger partial charge < -0.3 is 10.4 Å². The zero-order valence-corrected chi connectivity index (χ0v) is 10.4. The molecular weight excluding hydrogens is 258 g/mol. The molecule has 0 amide bonds. The number of hydrogen-bond donors (Lipinski definition) is 2. The monoisotopic (exact) mass is 271 g/mol. The van der Waals surface area contributed by atoms with Gasteiger partial charge in [-0.1, -0.05) is 24.4 Å². The number of pyridine rings is 1. The van der Waals surface area contributed by atoms with Crippen molar-refractivity contribution in [2.75, 3.05) is 5.32 Å². The van der Waals surface area contributed by atoms with Crippen LogP contribution >= 0.6 is 11.6 Å². The Morgan fingerprint density at radius 1 is 1.50 bits per heavy atom. The summed E-state index contributed by atoms with van der Waals surface area (Å²) in [7, 11) is 0. The molecule has 1 aromatic rings. The molecular formula is C11H14ClN3O3. The number of aromatic nitrogens is 1. The van der Waals surface area contributed by atoms with E-state index in [0.29, 0.717) is 6.42 Å². The molecule has 2 unspecified atom stereocenters. The van der Waals surface area contributed by atoms with E-state index in [1.165, 1.54) is 12.3 Å². The molecule has 1 aromatic heterocycles. The van der Waals surface area contributed by atoms with Crippen LogP contribution in [0.5, 0.6) is 0 Å². The Bertz CT molecular complexity index is 455. The number of halogens is 1. The van der Waals surface area contributed by atoms with E-state index < -0.39 is 11.0 Å². The van der Waals surface area contributed by atoms with Crippen LogP contribution in [0.4, 0.5) is 11.5 Å². The third-order valence-corrected chi connectivity index (χ3v) is 3.29. The van der Waals surface area contributed by atoms with Crippen LogP contribution in [0.3, 0.4) is 0 Å². The predicted octanol–water partition coefficient (Wildman–Crippen LogP) is 2.36. The Morgan fingerprint density at radius 2 is 2.22 bits per heavy atom. The number of nitrogens with one attached hydrogen (secondary N) is 1. The molecule has 6 nitrogen and oxygen atoms in total. The molecule has 0 aliphatic heterocycles. The van der Waals surface area contributed by atoms with Crippen molar-refractivity contribution in [2.45, 2.75) is 37.8 Å². The molecule has 0 spiro atoms. The van der Waals surface area contributed by atoms with E-state index >= 15 is 0 Å². The lowest BCUT2D eigenvalue weighted by Crippen LogP contribution is -2.36. The molecule has 0 aromatic carbocycles. The number of nitrogens with zero attached hydrogens (tertiary/aromatic N) is 2. The second-order valence-electron chi connectivity index (χ2n) is 4.38. The van der Waals surface area contributed by atoms with Gasteiger partial charge in [-0.15, -0.1) is 0 Å². The normalized spacial score (nSPS) is 23.7. The van der Waals surface area contributed by atoms with Crippen LogP contribution in [0.15, 0.2) is 12.3 Å². The molecule has 0 radical (unpaired) electrons. The van der Waals surface area contributed by atoms with Gasteiger partial charge in [-0.2, -0.15) is 0 Å². The smallest absolute Gasteiger partial charge is 0.312 e. The number of aliphatic hydroxyl groups excluding tert-OH is 1. The van der Waals surface area contributed by atoms with Crippen LogP contribution in [0, 0.1) is 10.1 Å². The van der Waals surface area contributed by atoms with Crippen LogP contribution in [0.25, 0.3) is 0 Å². The van der Waals surface area contributed by atoms with Gasteiger partial charge in [0.2, 0.25) is 5.82 Å². The van der Waals surface area contributed by atoms with E-state index in [4.69, 9.17) is 11.6 Å². The van der Waals surface area contributed by atoms with Crippen molar-refractivity contribution in [2.24, 2.45) is 0 Å². The summed E-state index contributed by atoms with van der Waals surface area (Å²) in [5, 5.41) is 23.9. The summed E-state index contributed by atoms with van der Waals surface area (Å²) < 4.78 is 0. The Hall–Kier alpha value is -1.40. The van der Waals surface area contributed by atoms with Gasteiger partial charge in [-0.05, 0) is 12.8 Å². The van der Waals surface area contributed by atoms with E-state index in [2.05, 4.69) is 10.3 Å². The molecule has 1 aliphatic carbocycles. The summed E-state index contributed by atoms with van der Waals surface area (Å²) in [6, 6.07) is 1.07. The molecule has 98 valence electrons. The molecule has 2 N–H and O–H groups in total. The van der Waals surface area contributed by atoms with E-state index in [0.717, 1.165) is 19.3 Å². The van der Waals surface area contributed by atoms with E-state index in [-0.39, 0.29) is 22.6 Å². The molecule has 7 heteroatoms. The van der Waals surface area contributed by atoms with Crippen LogP contribution < -0.4 is 5.32 Å². The van der Waals surface area contributed by atoms with Gasteiger partial charge in [0.25, 0.3) is 0 Å². The third kappa shape index (κ3) is 2.88. The average Bonchev–Trinajstić information content (AvgIpc) is 2.34. The number of nitro groups is 1.